The van der Waals surface area contributed by atoms with Gasteiger partial charge in [-0.2, -0.15) is 5.10 Å². The predicted molar refractivity (Wildman–Crippen MR) is 139 cm³/mol. The van der Waals surface area contributed by atoms with Crippen molar-refractivity contribution in [3.05, 3.63) is 119 Å². The molecule has 0 aliphatic rings. The maximum atomic E-state index is 13.2. The van der Waals surface area contributed by atoms with E-state index in [0.717, 1.165) is 16.7 Å². The molecule has 0 saturated carbocycles. The monoisotopic (exact) mass is 496 g/mol. The zero-order chi connectivity index (χ0) is 26.2. The topological polar surface area (TPSA) is 116 Å². The molecule has 0 spiro atoms. The average Bonchev–Trinajstić information content (AvgIpc) is 3.31. The molecule has 4 rings (SSSR count). The maximum absolute atomic E-state index is 13.2. The zero-order valence-electron chi connectivity index (χ0n) is 20.5. The van der Waals surface area contributed by atoms with Crippen LogP contribution in [0.15, 0.2) is 91.0 Å². The standard InChI is InChI=1S/C29H28N4O4/c1-20-16-26(29(36)31-25(27(34)28(30)35)17-21-8-4-2-5-9-21)33(32-20)24-14-12-23(13-15-24)19-37-18-22-10-6-3-7-11-22/h2-16,25H,17-19H2,1H3,(H2,30,35)(H,31,36)/t25-/m0/s1. The predicted octanol–water partition coefficient (Wildman–Crippen LogP) is 3.29. The largest absolute Gasteiger partial charge is 0.372 e. The third-order valence-electron chi connectivity index (χ3n) is 5.77. The van der Waals surface area contributed by atoms with Crippen LogP contribution in [0, 0.1) is 6.92 Å². The fourth-order valence-corrected chi connectivity index (χ4v) is 3.92. The molecule has 4 aromatic rings. The van der Waals surface area contributed by atoms with Crippen molar-refractivity contribution in [3.8, 4) is 5.69 Å². The van der Waals surface area contributed by atoms with Gasteiger partial charge in [-0.1, -0.05) is 72.8 Å². The van der Waals surface area contributed by atoms with Crippen molar-refractivity contribution in [1.82, 2.24) is 15.1 Å². The first-order valence-corrected chi connectivity index (χ1v) is 11.9. The fraction of sp³-hybridized carbons (Fsp3) is 0.172. The minimum atomic E-state index is -1.10. The van der Waals surface area contributed by atoms with E-state index in [9.17, 15) is 14.4 Å². The van der Waals surface area contributed by atoms with Gasteiger partial charge in [0.1, 0.15) is 11.7 Å². The van der Waals surface area contributed by atoms with E-state index in [4.69, 9.17) is 10.5 Å². The van der Waals surface area contributed by atoms with E-state index in [2.05, 4.69) is 10.4 Å². The van der Waals surface area contributed by atoms with Crippen LogP contribution < -0.4 is 11.1 Å². The summed E-state index contributed by atoms with van der Waals surface area (Å²) in [5.41, 5.74) is 9.64. The van der Waals surface area contributed by atoms with Gasteiger partial charge in [-0.3, -0.25) is 14.4 Å². The van der Waals surface area contributed by atoms with E-state index in [1.807, 2.05) is 84.9 Å². The van der Waals surface area contributed by atoms with Gasteiger partial charge in [-0.05, 0) is 41.8 Å². The van der Waals surface area contributed by atoms with Gasteiger partial charge in [0.15, 0.2) is 0 Å². The Morgan fingerprint density at radius 1 is 0.865 bits per heavy atom. The van der Waals surface area contributed by atoms with Gasteiger partial charge >= 0.3 is 0 Å². The molecule has 3 aromatic carbocycles. The van der Waals surface area contributed by atoms with Crippen LogP contribution in [0.25, 0.3) is 5.69 Å². The molecular formula is C29H28N4O4. The van der Waals surface area contributed by atoms with Gasteiger partial charge < -0.3 is 15.8 Å². The van der Waals surface area contributed by atoms with Crippen LogP contribution in [0.1, 0.15) is 32.9 Å². The Balaban J connectivity index is 1.47. The lowest BCUT2D eigenvalue weighted by molar-refractivity contribution is -0.137. The molecule has 1 heterocycles. The second-order valence-electron chi connectivity index (χ2n) is 8.67. The summed E-state index contributed by atoms with van der Waals surface area (Å²) in [6.07, 6.45) is 0.138. The van der Waals surface area contributed by atoms with E-state index in [1.165, 1.54) is 4.68 Å². The second-order valence-corrected chi connectivity index (χ2v) is 8.67. The number of Topliss-reactive ketones (excluding diaryl/α,β-unsaturated/α-hetero) is 1. The maximum Gasteiger partial charge on any atom is 0.287 e. The number of nitrogens with one attached hydrogen (secondary N) is 1. The van der Waals surface area contributed by atoms with Gasteiger partial charge in [0, 0.05) is 6.42 Å². The van der Waals surface area contributed by atoms with Crippen LogP contribution in [0.3, 0.4) is 0 Å². The Hall–Kier alpha value is -4.56. The molecule has 0 fully saturated rings. The lowest BCUT2D eigenvalue weighted by atomic mass is 10.0. The van der Waals surface area contributed by atoms with Crippen LogP contribution in [-0.4, -0.2) is 33.4 Å². The first kappa shape index (κ1) is 25.5. The number of benzene rings is 3. The summed E-state index contributed by atoms with van der Waals surface area (Å²) < 4.78 is 7.30. The molecule has 8 heteroatoms. The molecule has 8 nitrogen and oxygen atoms in total. The molecule has 0 radical (unpaired) electrons. The third-order valence-corrected chi connectivity index (χ3v) is 5.77. The quantitative estimate of drug-likeness (QED) is 0.309. The Bertz CT molecular complexity index is 1370. The Kier molecular flexibility index (Phi) is 8.22. The highest BCUT2D eigenvalue weighted by Crippen LogP contribution is 2.16. The number of primary amides is 1. The van der Waals surface area contributed by atoms with Crippen LogP contribution >= 0.6 is 0 Å². The van der Waals surface area contributed by atoms with Crippen molar-refractivity contribution >= 4 is 17.6 Å². The summed E-state index contributed by atoms with van der Waals surface area (Å²) in [4.78, 5) is 37.3. The van der Waals surface area contributed by atoms with E-state index >= 15 is 0 Å². The molecular weight excluding hydrogens is 468 g/mol. The van der Waals surface area contributed by atoms with E-state index < -0.39 is 23.6 Å². The van der Waals surface area contributed by atoms with Gasteiger partial charge in [0.2, 0.25) is 5.78 Å². The zero-order valence-corrected chi connectivity index (χ0v) is 20.5. The van der Waals surface area contributed by atoms with Crippen molar-refractivity contribution < 1.29 is 19.1 Å². The summed E-state index contributed by atoms with van der Waals surface area (Å²) in [5.74, 6) is -2.50. The average molecular weight is 497 g/mol. The van der Waals surface area contributed by atoms with E-state index in [1.54, 1.807) is 13.0 Å². The van der Waals surface area contributed by atoms with Crippen molar-refractivity contribution in [3.63, 3.8) is 0 Å². The molecule has 188 valence electrons. The number of nitrogens with zero attached hydrogens (tertiary/aromatic N) is 2. The number of aromatic nitrogens is 2. The molecule has 0 unspecified atom stereocenters. The summed E-state index contributed by atoms with van der Waals surface area (Å²) in [5, 5.41) is 7.12. The number of aryl methyl sites for hydroxylation is 1. The van der Waals surface area contributed by atoms with Gasteiger partial charge in [-0.15, -0.1) is 0 Å². The second kappa shape index (κ2) is 11.9. The number of carbonyl (C=O) groups is 3. The van der Waals surface area contributed by atoms with Crippen LogP contribution in [0.4, 0.5) is 0 Å². The molecule has 1 aromatic heterocycles. The highest BCUT2D eigenvalue weighted by Gasteiger charge is 2.27. The smallest absolute Gasteiger partial charge is 0.287 e. The molecule has 1 atom stereocenters. The van der Waals surface area contributed by atoms with Crippen molar-refractivity contribution in [1.29, 1.82) is 0 Å². The first-order chi connectivity index (χ1) is 17.9. The number of ketones is 1. The van der Waals surface area contributed by atoms with Crippen LogP contribution in [0.5, 0.6) is 0 Å². The molecule has 0 aliphatic carbocycles. The first-order valence-electron chi connectivity index (χ1n) is 11.9. The lowest BCUT2D eigenvalue weighted by Gasteiger charge is -2.17. The number of ether oxygens (including phenoxy) is 1. The summed E-state index contributed by atoms with van der Waals surface area (Å²) in [7, 11) is 0. The molecule has 37 heavy (non-hydrogen) atoms. The van der Waals surface area contributed by atoms with Gasteiger partial charge in [0.25, 0.3) is 11.8 Å². The highest BCUT2D eigenvalue weighted by atomic mass is 16.5. The fourth-order valence-electron chi connectivity index (χ4n) is 3.92. The molecule has 0 bridgehead atoms. The number of hydrogen-bond donors (Lipinski definition) is 2. The van der Waals surface area contributed by atoms with E-state index in [0.29, 0.717) is 24.6 Å². The highest BCUT2D eigenvalue weighted by molar-refractivity contribution is 6.38. The molecule has 0 saturated heterocycles. The number of rotatable bonds is 11. The van der Waals surface area contributed by atoms with Crippen molar-refractivity contribution in [2.75, 3.05) is 0 Å². The Labute approximate surface area is 215 Å². The number of nitrogens with two attached hydrogens (primary N) is 1. The number of amides is 2. The van der Waals surface area contributed by atoms with Crippen molar-refractivity contribution in [2.45, 2.75) is 32.6 Å². The molecule has 0 aliphatic heterocycles. The number of carbonyl (C=O) groups excluding carboxylic acids is 3. The van der Waals surface area contributed by atoms with Gasteiger partial charge in [0.05, 0.1) is 24.6 Å². The minimum Gasteiger partial charge on any atom is -0.372 e. The molecule has 2 amide bonds. The third kappa shape index (κ3) is 6.77. The molecule has 3 N–H and O–H groups in total. The van der Waals surface area contributed by atoms with Crippen LogP contribution in [0.2, 0.25) is 0 Å². The Morgan fingerprint density at radius 3 is 2.03 bits per heavy atom. The Morgan fingerprint density at radius 2 is 1.43 bits per heavy atom. The SMILES string of the molecule is Cc1cc(C(=O)N[C@@H](Cc2ccccc2)C(=O)C(N)=O)n(-c2ccc(COCc3ccccc3)cc2)n1. The summed E-state index contributed by atoms with van der Waals surface area (Å²) >= 11 is 0. The van der Waals surface area contributed by atoms with Gasteiger partial charge in [-0.25, -0.2) is 4.68 Å². The normalized spacial score (nSPS) is 11.6. The van der Waals surface area contributed by atoms with E-state index in [-0.39, 0.29) is 12.1 Å². The summed E-state index contributed by atoms with van der Waals surface area (Å²) in [6, 6.07) is 27.1. The number of hydrogen-bond acceptors (Lipinski definition) is 5. The van der Waals surface area contributed by atoms with Crippen molar-refractivity contribution in [2.24, 2.45) is 5.73 Å². The van der Waals surface area contributed by atoms with Crippen LogP contribution in [-0.2, 0) is 34.0 Å². The minimum absolute atomic E-state index is 0.138. The summed E-state index contributed by atoms with van der Waals surface area (Å²) in [6.45, 7) is 2.73. The lowest BCUT2D eigenvalue weighted by Crippen LogP contribution is -2.47.